The molecule has 1 fully saturated rings. The van der Waals surface area contributed by atoms with Gasteiger partial charge in [0.2, 0.25) is 10.0 Å². The smallest absolute Gasteiger partial charge is 0.267 e. The second kappa shape index (κ2) is 9.56. The first kappa shape index (κ1) is 22.0. The Morgan fingerprint density at radius 2 is 2.08 bits per heavy atom. The second-order valence-corrected chi connectivity index (χ2v) is 8.33. The fourth-order valence-corrected chi connectivity index (χ4v) is 4.62. The number of carbonyl (C=O) groups excluding carboxylic acids is 1. The van der Waals surface area contributed by atoms with E-state index in [0.717, 1.165) is 19.4 Å². The largest absolute Gasteiger partial charge is 0.349 e. The number of carbonyl (C=O) groups is 1. The van der Waals surface area contributed by atoms with Crippen molar-refractivity contribution in [3.05, 3.63) is 18.0 Å². The molecular weight excluding hydrogens is 364 g/mol. The summed E-state index contributed by atoms with van der Waals surface area (Å²) in [6.07, 6.45) is 3.46. The zero-order valence-corrected chi connectivity index (χ0v) is 16.8. The molecule has 1 aromatic rings. The Bertz CT molecular complexity index is 675. The summed E-state index contributed by atoms with van der Waals surface area (Å²) in [5.74, 6) is 0.106. The van der Waals surface area contributed by atoms with Crippen LogP contribution < -0.4 is 10.6 Å². The lowest BCUT2D eigenvalue weighted by Gasteiger charge is -2.29. The minimum absolute atomic E-state index is 0. The molecule has 1 aliphatic rings. The van der Waals surface area contributed by atoms with E-state index in [1.165, 1.54) is 16.6 Å². The topological polar surface area (TPSA) is 83.4 Å². The highest BCUT2D eigenvalue weighted by Gasteiger charge is 2.30. The third-order valence-corrected chi connectivity index (χ3v) is 6.14. The molecule has 1 amide bonds. The molecule has 1 atom stereocenters. The van der Waals surface area contributed by atoms with Crippen LogP contribution in [0.1, 0.15) is 37.2 Å². The number of likely N-dealkylation sites (N-methyl/N-ethyl adjacent to an activating group) is 1. The zero-order chi connectivity index (χ0) is 17.7. The van der Waals surface area contributed by atoms with Crippen LogP contribution in [-0.2, 0) is 17.1 Å². The third kappa shape index (κ3) is 5.44. The van der Waals surface area contributed by atoms with E-state index < -0.39 is 10.0 Å². The number of hydrogen-bond donors (Lipinski definition) is 2. The average Bonchev–Trinajstić information content (AvgIpc) is 2.94. The summed E-state index contributed by atoms with van der Waals surface area (Å²) >= 11 is 0. The molecule has 1 aliphatic heterocycles. The summed E-state index contributed by atoms with van der Waals surface area (Å²) in [5, 5.41) is 5.92. The highest BCUT2D eigenvalue weighted by atomic mass is 35.5. The van der Waals surface area contributed by atoms with Crippen LogP contribution in [-0.4, -0.2) is 55.9 Å². The predicted octanol–water partition coefficient (Wildman–Crippen LogP) is 1.21. The van der Waals surface area contributed by atoms with Crippen LogP contribution in [0.25, 0.3) is 0 Å². The summed E-state index contributed by atoms with van der Waals surface area (Å²) < 4.78 is 28.7. The summed E-state index contributed by atoms with van der Waals surface area (Å²) in [4.78, 5) is 12.4. The Hall–Kier alpha value is -1.09. The first-order valence-electron chi connectivity index (χ1n) is 8.51. The SMILES string of the molecule is CCNCCNC(=O)c1cc(S(=O)(=O)N2CCCC(C)C2)cn1C.Cl. The van der Waals surface area contributed by atoms with Crippen molar-refractivity contribution in [2.75, 3.05) is 32.7 Å². The zero-order valence-electron chi connectivity index (χ0n) is 15.1. The summed E-state index contributed by atoms with van der Waals surface area (Å²) in [6.45, 7) is 7.18. The molecule has 144 valence electrons. The number of nitrogens with one attached hydrogen (secondary N) is 2. The van der Waals surface area contributed by atoms with Crippen molar-refractivity contribution in [1.29, 1.82) is 0 Å². The van der Waals surface area contributed by atoms with Gasteiger partial charge in [-0.3, -0.25) is 4.79 Å². The number of rotatable bonds is 7. The highest BCUT2D eigenvalue weighted by Crippen LogP contribution is 2.24. The van der Waals surface area contributed by atoms with Crippen LogP contribution in [0.4, 0.5) is 0 Å². The molecule has 7 nitrogen and oxygen atoms in total. The normalized spacial score (nSPS) is 18.6. The molecule has 0 aromatic carbocycles. The van der Waals surface area contributed by atoms with Gasteiger partial charge in [-0.25, -0.2) is 8.42 Å². The first-order chi connectivity index (χ1) is 11.4. The number of aryl methyl sites for hydroxylation is 1. The number of sulfonamides is 1. The molecule has 0 spiro atoms. The van der Waals surface area contributed by atoms with Crippen molar-refractivity contribution < 1.29 is 13.2 Å². The van der Waals surface area contributed by atoms with Gasteiger partial charge in [0, 0.05) is 39.4 Å². The van der Waals surface area contributed by atoms with E-state index >= 15 is 0 Å². The molecule has 2 N–H and O–H groups in total. The van der Waals surface area contributed by atoms with E-state index in [4.69, 9.17) is 0 Å². The average molecular weight is 393 g/mol. The molecule has 0 radical (unpaired) electrons. The number of hydrogen-bond acceptors (Lipinski definition) is 4. The molecule has 2 rings (SSSR count). The van der Waals surface area contributed by atoms with E-state index in [0.29, 0.717) is 37.8 Å². The van der Waals surface area contributed by atoms with Crippen molar-refractivity contribution in [3.8, 4) is 0 Å². The van der Waals surface area contributed by atoms with E-state index in [1.54, 1.807) is 11.6 Å². The van der Waals surface area contributed by atoms with Crippen molar-refractivity contribution in [1.82, 2.24) is 19.5 Å². The Morgan fingerprint density at radius 3 is 2.72 bits per heavy atom. The fourth-order valence-electron chi connectivity index (χ4n) is 2.95. The van der Waals surface area contributed by atoms with E-state index in [1.807, 2.05) is 6.92 Å². The highest BCUT2D eigenvalue weighted by molar-refractivity contribution is 7.89. The maximum Gasteiger partial charge on any atom is 0.267 e. The van der Waals surface area contributed by atoms with Crippen molar-refractivity contribution in [3.63, 3.8) is 0 Å². The first-order valence-corrected chi connectivity index (χ1v) is 9.95. The lowest BCUT2D eigenvalue weighted by molar-refractivity contribution is 0.0946. The van der Waals surface area contributed by atoms with Crippen molar-refractivity contribution in [2.45, 2.75) is 31.6 Å². The number of aromatic nitrogens is 1. The third-order valence-electron chi connectivity index (χ3n) is 4.31. The Balaban J connectivity index is 0.00000312. The van der Waals surface area contributed by atoms with E-state index in [9.17, 15) is 13.2 Å². The van der Waals surface area contributed by atoms with Gasteiger partial charge in [-0.15, -0.1) is 12.4 Å². The molecule has 25 heavy (non-hydrogen) atoms. The van der Waals surface area contributed by atoms with Crippen LogP contribution in [0.5, 0.6) is 0 Å². The molecule has 9 heteroatoms. The predicted molar refractivity (Wildman–Crippen MR) is 101 cm³/mol. The number of amides is 1. The maximum absolute atomic E-state index is 12.8. The van der Waals surface area contributed by atoms with Crippen molar-refractivity contribution in [2.24, 2.45) is 13.0 Å². The van der Waals surface area contributed by atoms with Gasteiger partial charge in [0.15, 0.2) is 0 Å². The number of halogens is 1. The second-order valence-electron chi connectivity index (χ2n) is 6.39. The maximum atomic E-state index is 12.8. The van der Waals surface area contributed by atoms with E-state index in [-0.39, 0.29) is 23.2 Å². The summed E-state index contributed by atoms with van der Waals surface area (Å²) in [5.41, 5.74) is 0.357. The Kier molecular flexibility index (Phi) is 8.40. The fraction of sp³-hybridized carbons (Fsp3) is 0.688. The van der Waals surface area contributed by atoms with Gasteiger partial charge in [-0.1, -0.05) is 13.8 Å². The summed E-state index contributed by atoms with van der Waals surface area (Å²) in [7, 11) is -1.85. The van der Waals surface area contributed by atoms with Gasteiger partial charge in [-0.05, 0) is 31.4 Å². The Labute approximate surface area is 156 Å². The van der Waals surface area contributed by atoms with Crippen LogP contribution in [0.3, 0.4) is 0 Å². The van der Waals surface area contributed by atoms with Crippen molar-refractivity contribution >= 4 is 28.3 Å². The van der Waals surface area contributed by atoms with E-state index in [2.05, 4.69) is 17.6 Å². The molecule has 2 heterocycles. The van der Waals surface area contributed by atoms with Gasteiger partial charge in [0.25, 0.3) is 5.91 Å². The molecule has 0 bridgehead atoms. The lowest BCUT2D eigenvalue weighted by atomic mass is 10.0. The van der Waals surface area contributed by atoms with Crippen LogP contribution in [0.15, 0.2) is 17.2 Å². The Morgan fingerprint density at radius 1 is 1.36 bits per heavy atom. The molecule has 1 saturated heterocycles. The molecule has 0 aliphatic carbocycles. The lowest BCUT2D eigenvalue weighted by Crippen LogP contribution is -2.38. The number of piperidine rings is 1. The van der Waals surface area contributed by atoms with Gasteiger partial charge in [0.1, 0.15) is 10.6 Å². The van der Waals surface area contributed by atoms with Gasteiger partial charge in [0.05, 0.1) is 0 Å². The van der Waals surface area contributed by atoms with Crippen LogP contribution >= 0.6 is 12.4 Å². The molecule has 1 unspecified atom stereocenters. The summed E-state index contributed by atoms with van der Waals surface area (Å²) in [6, 6.07) is 1.47. The van der Waals surface area contributed by atoms with Gasteiger partial charge in [-0.2, -0.15) is 4.31 Å². The quantitative estimate of drug-likeness (QED) is 0.683. The molecule has 0 saturated carbocycles. The van der Waals surface area contributed by atoms with Gasteiger partial charge >= 0.3 is 0 Å². The molecular formula is C16H29ClN4O3S. The number of nitrogens with zero attached hydrogens (tertiary/aromatic N) is 2. The van der Waals surface area contributed by atoms with Crippen LogP contribution in [0, 0.1) is 5.92 Å². The molecule has 1 aromatic heterocycles. The van der Waals surface area contributed by atoms with Crippen LogP contribution in [0.2, 0.25) is 0 Å². The minimum Gasteiger partial charge on any atom is -0.349 e. The van der Waals surface area contributed by atoms with Gasteiger partial charge < -0.3 is 15.2 Å². The minimum atomic E-state index is -3.54. The monoisotopic (exact) mass is 392 g/mol. The standard InChI is InChI=1S/C16H28N4O3S.ClH/c1-4-17-7-8-18-16(21)15-10-14(12-19(15)3)24(22,23)20-9-5-6-13(2)11-20;/h10,12-13,17H,4-9,11H2,1-3H3,(H,18,21);1H.